The van der Waals surface area contributed by atoms with Crippen molar-refractivity contribution < 1.29 is 14.2 Å². The van der Waals surface area contributed by atoms with Crippen molar-refractivity contribution in [3.05, 3.63) is 59.4 Å². The van der Waals surface area contributed by atoms with Gasteiger partial charge in [-0.25, -0.2) is 4.39 Å². The number of benzene rings is 2. The van der Waals surface area contributed by atoms with Crippen molar-refractivity contribution in [2.24, 2.45) is 0 Å². The number of nitrogens with one attached hydrogen (secondary N) is 1. The third-order valence-electron chi connectivity index (χ3n) is 3.44. The molecule has 1 atom stereocenters. The Kier molecular flexibility index (Phi) is 3.56. The number of hydrogen-bond donors (Lipinski definition) is 2. The Hall–Kier alpha value is -2.07. The summed E-state index contributed by atoms with van der Waals surface area (Å²) in [4.78, 5) is 0. The largest absolute Gasteiger partial charge is 0.508 e. The lowest BCUT2D eigenvalue weighted by molar-refractivity contribution is 0.227. The zero-order valence-corrected chi connectivity index (χ0v) is 11.0. The molecule has 0 aromatic heterocycles. The summed E-state index contributed by atoms with van der Waals surface area (Å²) in [6, 6.07) is 11.9. The van der Waals surface area contributed by atoms with E-state index in [0.29, 0.717) is 18.7 Å². The van der Waals surface area contributed by atoms with Crippen molar-refractivity contribution in [1.29, 1.82) is 0 Å². The van der Waals surface area contributed by atoms with Gasteiger partial charge >= 0.3 is 0 Å². The van der Waals surface area contributed by atoms with Crippen LogP contribution in [0.3, 0.4) is 0 Å². The number of phenols is 1. The third-order valence-corrected chi connectivity index (χ3v) is 3.44. The zero-order chi connectivity index (χ0) is 13.9. The van der Waals surface area contributed by atoms with Gasteiger partial charge in [-0.15, -0.1) is 0 Å². The SMILES string of the molecule is Oc1ccc(F)cc1CNCC1Cc2ccccc2O1. The molecule has 0 bridgehead atoms. The second-order valence-electron chi connectivity index (χ2n) is 4.96. The average Bonchev–Trinajstić information content (AvgIpc) is 2.85. The van der Waals surface area contributed by atoms with Gasteiger partial charge in [0.2, 0.25) is 0 Å². The highest BCUT2D eigenvalue weighted by Crippen LogP contribution is 2.27. The molecule has 0 amide bonds. The van der Waals surface area contributed by atoms with E-state index in [4.69, 9.17) is 4.74 Å². The number of halogens is 1. The number of ether oxygens (including phenoxy) is 1. The van der Waals surface area contributed by atoms with Crippen LogP contribution in [0.4, 0.5) is 4.39 Å². The molecule has 1 aliphatic rings. The van der Waals surface area contributed by atoms with Gasteiger partial charge in [-0.05, 0) is 29.8 Å². The lowest BCUT2D eigenvalue weighted by Crippen LogP contribution is -2.29. The van der Waals surface area contributed by atoms with Gasteiger partial charge in [-0.3, -0.25) is 0 Å². The van der Waals surface area contributed by atoms with Crippen molar-refractivity contribution in [2.45, 2.75) is 19.1 Å². The molecule has 0 fully saturated rings. The Morgan fingerprint density at radius 2 is 2.10 bits per heavy atom. The smallest absolute Gasteiger partial charge is 0.123 e. The summed E-state index contributed by atoms with van der Waals surface area (Å²) < 4.78 is 18.9. The van der Waals surface area contributed by atoms with E-state index in [0.717, 1.165) is 12.2 Å². The lowest BCUT2D eigenvalue weighted by Gasteiger charge is -2.12. The molecule has 2 N–H and O–H groups in total. The highest BCUT2D eigenvalue weighted by Gasteiger charge is 2.21. The van der Waals surface area contributed by atoms with Crippen LogP contribution in [0.25, 0.3) is 0 Å². The molecule has 1 aliphatic heterocycles. The number of aromatic hydroxyl groups is 1. The Bertz CT molecular complexity index is 590. The number of phenolic OH excluding ortho intramolecular Hbond substituents is 1. The van der Waals surface area contributed by atoms with E-state index < -0.39 is 0 Å². The summed E-state index contributed by atoms with van der Waals surface area (Å²) in [6.45, 7) is 1.07. The maximum Gasteiger partial charge on any atom is 0.123 e. The van der Waals surface area contributed by atoms with Crippen LogP contribution in [0.5, 0.6) is 11.5 Å². The molecule has 104 valence electrons. The van der Waals surface area contributed by atoms with E-state index in [2.05, 4.69) is 11.4 Å². The van der Waals surface area contributed by atoms with E-state index in [1.165, 1.54) is 23.8 Å². The van der Waals surface area contributed by atoms with E-state index >= 15 is 0 Å². The monoisotopic (exact) mass is 273 g/mol. The number of para-hydroxylation sites is 1. The predicted octanol–water partition coefficient (Wildman–Crippen LogP) is 2.62. The van der Waals surface area contributed by atoms with Crippen molar-refractivity contribution in [2.75, 3.05) is 6.54 Å². The molecular weight excluding hydrogens is 257 g/mol. The van der Waals surface area contributed by atoms with Gasteiger partial charge in [-0.2, -0.15) is 0 Å². The van der Waals surface area contributed by atoms with Gasteiger partial charge in [0.15, 0.2) is 0 Å². The second-order valence-corrected chi connectivity index (χ2v) is 4.96. The zero-order valence-electron chi connectivity index (χ0n) is 11.0. The number of fused-ring (bicyclic) bond motifs is 1. The molecular formula is C16H16FNO2. The van der Waals surface area contributed by atoms with Crippen LogP contribution in [0.2, 0.25) is 0 Å². The number of hydrogen-bond acceptors (Lipinski definition) is 3. The topological polar surface area (TPSA) is 41.5 Å². The minimum atomic E-state index is -0.343. The van der Waals surface area contributed by atoms with Crippen LogP contribution in [-0.2, 0) is 13.0 Å². The van der Waals surface area contributed by atoms with E-state index in [1.54, 1.807) is 0 Å². The standard InChI is InChI=1S/C16H16FNO2/c17-13-5-6-15(19)12(7-13)9-18-10-14-8-11-3-1-2-4-16(11)20-14/h1-7,14,18-19H,8-10H2. The van der Waals surface area contributed by atoms with Crippen LogP contribution in [-0.4, -0.2) is 17.8 Å². The van der Waals surface area contributed by atoms with Crippen LogP contribution in [0.1, 0.15) is 11.1 Å². The molecule has 2 aromatic carbocycles. The van der Waals surface area contributed by atoms with Gasteiger partial charge in [0.25, 0.3) is 0 Å². The molecule has 0 saturated carbocycles. The minimum Gasteiger partial charge on any atom is -0.508 e. The van der Waals surface area contributed by atoms with Crippen molar-refractivity contribution in [3.8, 4) is 11.5 Å². The Labute approximate surface area is 117 Å². The Morgan fingerprint density at radius 1 is 1.25 bits per heavy atom. The second kappa shape index (κ2) is 5.51. The van der Waals surface area contributed by atoms with Gasteiger partial charge in [0, 0.05) is 25.1 Å². The Balaban J connectivity index is 1.53. The molecule has 3 rings (SSSR count). The summed E-state index contributed by atoms with van der Waals surface area (Å²) in [5.41, 5.74) is 1.77. The first kappa shape index (κ1) is 12.9. The first-order chi connectivity index (χ1) is 9.72. The fraction of sp³-hybridized carbons (Fsp3) is 0.250. The summed E-state index contributed by atoms with van der Waals surface area (Å²) in [6.07, 6.45) is 0.960. The van der Waals surface area contributed by atoms with Crippen LogP contribution in [0.15, 0.2) is 42.5 Å². The predicted molar refractivity (Wildman–Crippen MR) is 74.3 cm³/mol. The molecule has 0 radical (unpaired) electrons. The van der Waals surface area contributed by atoms with Crippen molar-refractivity contribution in [1.82, 2.24) is 5.32 Å². The summed E-state index contributed by atoms with van der Waals surface area (Å²) >= 11 is 0. The summed E-state index contributed by atoms with van der Waals surface area (Å²) in [5, 5.41) is 12.8. The molecule has 20 heavy (non-hydrogen) atoms. The van der Waals surface area contributed by atoms with Gasteiger partial charge < -0.3 is 15.2 Å². The highest BCUT2D eigenvalue weighted by molar-refractivity contribution is 5.37. The normalized spacial score (nSPS) is 16.8. The van der Waals surface area contributed by atoms with Crippen LogP contribution in [0, 0.1) is 5.82 Å². The quantitative estimate of drug-likeness (QED) is 0.899. The highest BCUT2D eigenvalue weighted by atomic mass is 19.1. The minimum absolute atomic E-state index is 0.0862. The Morgan fingerprint density at radius 3 is 2.95 bits per heavy atom. The average molecular weight is 273 g/mol. The molecule has 4 heteroatoms. The molecule has 2 aromatic rings. The van der Waals surface area contributed by atoms with Gasteiger partial charge in [-0.1, -0.05) is 18.2 Å². The third kappa shape index (κ3) is 2.75. The molecule has 1 heterocycles. The van der Waals surface area contributed by atoms with Gasteiger partial charge in [0.05, 0.1) is 0 Å². The molecule has 1 unspecified atom stereocenters. The number of rotatable bonds is 4. The summed E-state index contributed by atoms with van der Waals surface area (Å²) in [5.74, 6) is 0.701. The first-order valence-electron chi connectivity index (χ1n) is 6.65. The lowest BCUT2D eigenvalue weighted by atomic mass is 10.1. The maximum atomic E-state index is 13.1. The first-order valence-corrected chi connectivity index (χ1v) is 6.65. The van der Waals surface area contributed by atoms with Crippen LogP contribution >= 0.6 is 0 Å². The van der Waals surface area contributed by atoms with Crippen molar-refractivity contribution >= 4 is 0 Å². The molecule has 0 saturated heterocycles. The van der Waals surface area contributed by atoms with Gasteiger partial charge in [0.1, 0.15) is 23.4 Å². The summed E-state index contributed by atoms with van der Waals surface area (Å²) in [7, 11) is 0. The molecule has 3 nitrogen and oxygen atoms in total. The van der Waals surface area contributed by atoms with Crippen LogP contribution < -0.4 is 10.1 Å². The maximum absolute atomic E-state index is 13.1. The fourth-order valence-corrected chi connectivity index (χ4v) is 2.43. The molecule has 0 aliphatic carbocycles. The van der Waals surface area contributed by atoms with E-state index in [1.807, 2.05) is 18.2 Å². The fourth-order valence-electron chi connectivity index (χ4n) is 2.43. The van der Waals surface area contributed by atoms with E-state index in [-0.39, 0.29) is 17.7 Å². The van der Waals surface area contributed by atoms with E-state index in [9.17, 15) is 9.50 Å². The molecule has 0 spiro atoms. The van der Waals surface area contributed by atoms with Crippen molar-refractivity contribution in [3.63, 3.8) is 0 Å².